The molecule has 1 aliphatic heterocycles. The van der Waals surface area contributed by atoms with E-state index in [1.165, 1.54) is 9.88 Å². The van der Waals surface area contributed by atoms with E-state index in [9.17, 15) is 13.2 Å². The molecule has 2 fully saturated rings. The summed E-state index contributed by atoms with van der Waals surface area (Å²) >= 11 is 0. The number of ether oxygens (including phenoxy) is 1. The first kappa shape index (κ1) is 21.0. The zero-order chi connectivity index (χ0) is 20.5. The van der Waals surface area contributed by atoms with E-state index in [1.807, 2.05) is 0 Å². The molecule has 1 aromatic carbocycles. The van der Waals surface area contributed by atoms with Gasteiger partial charge in [-0.1, -0.05) is 37.6 Å². The summed E-state index contributed by atoms with van der Waals surface area (Å²) < 4.78 is 32.0. The van der Waals surface area contributed by atoms with E-state index in [2.05, 4.69) is 39.1 Å². The number of carbonyl (C=O) groups excluding carboxylic acids is 1. The topological polar surface area (TPSA) is 75.7 Å². The molecule has 0 bridgehead atoms. The smallest absolute Gasteiger partial charge is 0.243 e. The number of benzene rings is 1. The lowest BCUT2D eigenvalue weighted by atomic mass is 10.1. The lowest BCUT2D eigenvalue weighted by Gasteiger charge is -2.26. The molecule has 2 aliphatic rings. The van der Waals surface area contributed by atoms with Crippen molar-refractivity contribution >= 4 is 15.9 Å². The number of sulfonamides is 1. The van der Waals surface area contributed by atoms with E-state index < -0.39 is 10.0 Å². The van der Waals surface area contributed by atoms with Crippen molar-refractivity contribution in [3.8, 4) is 0 Å². The second-order valence-corrected chi connectivity index (χ2v) is 10.4. The number of amides is 1. The largest absolute Gasteiger partial charge is 0.379 e. The van der Waals surface area contributed by atoms with Gasteiger partial charge in [-0.25, -0.2) is 8.42 Å². The minimum absolute atomic E-state index is 0.0108. The second kappa shape index (κ2) is 7.97. The highest BCUT2D eigenvalue weighted by Crippen LogP contribution is 2.59. The standard InChI is InChI=1S/C21H30N2O4S/c1-15(2)13-18-19(21(18,3)4)20(24)22-14-16-5-7-17(8-6-16)28(25,26)23-9-11-27-12-10-23/h5-8,13,18-19H,9-12,14H2,1-4H3,(H,22,24)/t18-,19+/m1/s1. The lowest BCUT2D eigenvalue weighted by Crippen LogP contribution is -2.40. The Labute approximate surface area is 168 Å². The Balaban J connectivity index is 1.59. The summed E-state index contributed by atoms with van der Waals surface area (Å²) in [5.41, 5.74) is 2.09. The number of hydrogen-bond donors (Lipinski definition) is 1. The van der Waals surface area contributed by atoms with E-state index in [-0.39, 0.29) is 28.1 Å². The van der Waals surface area contributed by atoms with Crippen molar-refractivity contribution in [2.45, 2.75) is 39.1 Å². The van der Waals surface area contributed by atoms with Gasteiger partial charge < -0.3 is 10.1 Å². The molecule has 6 nitrogen and oxygen atoms in total. The van der Waals surface area contributed by atoms with Crippen LogP contribution in [0.2, 0.25) is 0 Å². The van der Waals surface area contributed by atoms with Crippen LogP contribution in [0.4, 0.5) is 0 Å². The van der Waals surface area contributed by atoms with Gasteiger partial charge in [-0.2, -0.15) is 4.31 Å². The molecule has 1 N–H and O–H groups in total. The molecule has 1 saturated heterocycles. The van der Waals surface area contributed by atoms with Crippen LogP contribution in [0, 0.1) is 17.3 Å². The second-order valence-electron chi connectivity index (χ2n) is 8.45. The van der Waals surface area contributed by atoms with Crippen molar-refractivity contribution < 1.29 is 17.9 Å². The lowest BCUT2D eigenvalue weighted by molar-refractivity contribution is -0.123. The summed E-state index contributed by atoms with van der Waals surface area (Å²) in [5.74, 6) is 0.319. The monoisotopic (exact) mass is 406 g/mol. The van der Waals surface area contributed by atoms with Crippen LogP contribution in [-0.4, -0.2) is 44.9 Å². The summed E-state index contributed by atoms with van der Waals surface area (Å²) in [6.45, 7) is 10.3. The molecule has 0 unspecified atom stereocenters. The fourth-order valence-corrected chi connectivity index (χ4v) is 5.27. The molecule has 0 aromatic heterocycles. The van der Waals surface area contributed by atoms with Crippen LogP contribution in [0.5, 0.6) is 0 Å². The first-order valence-electron chi connectivity index (χ1n) is 9.73. The summed E-state index contributed by atoms with van der Waals surface area (Å²) in [6.07, 6.45) is 2.18. The normalized spacial score (nSPS) is 24.4. The van der Waals surface area contributed by atoms with E-state index in [4.69, 9.17) is 4.74 Å². The van der Waals surface area contributed by atoms with Crippen LogP contribution in [0.3, 0.4) is 0 Å². The molecule has 1 aromatic rings. The predicted octanol–water partition coefficient (Wildman–Crippen LogP) is 2.56. The number of nitrogens with zero attached hydrogens (tertiary/aromatic N) is 1. The maximum absolute atomic E-state index is 12.7. The quantitative estimate of drug-likeness (QED) is 0.737. The third kappa shape index (κ3) is 4.31. The minimum atomic E-state index is -3.49. The Morgan fingerprint density at radius 2 is 1.82 bits per heavy atom. The molecule has 154 valence electrons. The molecule has 1 aliphatic carbocycles. The molecule has 0 spiro atoms. The van der Waals surface area contributed by atoms with Crippen molar-refractivity contribution in [3.05, 3.63) is 41.5 Å². The number of nitrogens with one attached hydrogen (secondary N) is 1. The van der Waals surface area contributed by atoms with Gasteiger partial charge >= 0.3 is 0 Å². The highest BCUT2D eigenvalue weighted by Gasteiger charge is 2.60. The SMILES string of the molecule is CC(C)=C[C@@H]1[C@@H](C(=O)NCc2ccc(S(=O)(=O)N3CCOCC3)cc2)C1(C)C. The predicted molar refractivity (Wildman–Crippen MR) is 108 cm³/mol. The third-order valence-electron chi connectivity index (χ3n) is 5.70. The Morgan fingerprint density at radius 1 is 1.21 bits per heavy atom. The zero-order valence-electron chi connectivity index (χ0n) is 17.1. The molecule has 0 radical (unpaired) electrons. The number of morpholine rings is 1. The van der Waals surface area contributed by atoms with Crippen molar-refractivity contribution in [1.29, 1.82) is 0 Å². The molecule has 3 rings (SSSR count). The molecule has 1 heterocycles. The fourth-order valence-electron chi connectivity index (χ4n) is 3.86. The van der Waals surface area contributed by atoms with Gasteiger partial charge in [0.1, 0.15) is 0 Å². The fraction of sp³-hybridized carbons (Fsp3) is 0.571. The van der Waals surface area contributed by atoms with Gasteiger partial charge in [0.25, 0.3) is 0 Å². The molecule has 1 amide bonds. The third-order valence-corrected chi connectivity index (χ3v) is 7.62. The first-order valence-corrected chi connectivity index (χ1v) is 11.2. The maximum atomic E-state index is 12.7. The molecule has 2 atom stereocenters. The van der Waals surface area contributed by atoms with Crippen LogP contribution >= 0.6 is 0 Å². The average Bonchev–Trinajstić information content (AvgIpc) is 3.20. The van der Waals surface area contributed by atoms with Crippen LogP contribution in [0.25, 0.3) is 0 Å². The van der Waals surface area contributed by atoms with Gasteiger partial charge in [-0.05, 0) is 42.9 Å². The number of hydrogen-bond acceptors (Lipinski definition) is 4. The Morgan fingerprint density at radius 3 is 2.39 bits per heavy atom. The zero-order valence-corrected chi connectivity index (χ0v) is 17.9. The molecular formula is C21H30N2O4S. The van der Waals surface area contributed by atoms with Gasteiger partial charge in [0.05, 0.1) is 24.0 Å². The Bertz CT molecular complexity index is 849. The highest BCUT2D eigenvalue weighted by molar-refractivity contribution is 7.89. The van der Waals surface area contributed by atoms with Crippen LogP contribution in [-0.2, 0) is 26.1 Å². The van der Waals surface area contributed by atoms with Gasteiger partial charge in [-0.15, -0.1) is 0 Å². The van der Waals surface area contributed by atoms with Crippen molar-refractivity contribution in [1.82, 2.24) is 9.62 Å². The molecule has 1 saturated carbocycles. The first-order chi connectivity index (χ1) is 13.1. The van der Waals surface area contributed by atoms with E-state index in [0.717, 1.165) is 5.56 Å². The van der Waals surface area contributed by atoms with Gasteiger partial charge in [0, 0.05) is 19.6 Å². The Kier molecular flexibility index (Phi) is 5.98. The van der Waals surface area contributed by atoms with E-state index in [1.54, 1.807) is 24.3 Å². The Hall–Kier alpha value is -1.70. The molecule has 7 heteroatoms. The summed E-state index contributed by atoms with van der Waals surface area (Å²) in [7, 11) is -3.49. The highest BCUT2D eigenvalue weighted by atomic mass is 32.2. The summed E-state index contributed by atoms with van der Waals surface area (Å²) in [5, 5.41) is 3.00. The van der Waals surface area contributed by atoms with Crippen molar-refractivity contribution in [2.75, 3.05) is 26.3 Å². The summed E-state index contributed by atoms with van der Waals surface area (Å²) in [4.78, 5) is 12.8. The van der Waals surface area contributed by atoms with Crippen LogP contribution in [0.1, 0.15) is 33.3 Å². The van der Waals surface area contributed by atoms with Gasteiger partial charge in [0.2, 0.25) is 15.9 Å². The minimum Gasteiger partial charge on any atom is -0.379 e. The van der Waals surface area contributed by atoms with Crippen molar-refractivity contribution in [2.24, 2.45) is 17.3 Å². The van der Waals surface area contributed by atoms with Crippen molar-refractivity contribution in [3.63, 3.8) is 0 Å². The van der Waals surface area contributed by atoms with Gasteiger partial charge in [-0.3, -0.25) is 4.79 Å². The maximum Gasteiger partial charge on any atom is 0.243 e. The number of rotatable bonds is 6. The number of carbonyl (C=O) groups is 1. The summed E-state index contributed by atoms with van der Waals surface area (Å²) in [6, 6.07) is 6.75. The number of allylic oxidation sites excluding steroid dienone is 2. The average molecular weight is 407 g/mol. The van der Waals surface area contributed by atoms with E-state index in [0.29, 0.717) is 32.8 Å². The van der Waals surface area contributed by atoms with E-state index >= 15 is 0 Å². The van der Waals surface area contributed by atoms with Crippen LogP contribution in [0.15, 0.2) is 40.8 Å². The molecule has 28 heavy (non-hydrogen) atoms. The molecular weight excluding hydrogens is 376 g/mol. The van der Waals surface area contributed by atoms with Gasteiger partial charge in [0.15, 0.2) is 0 Å². The van der Waals surface area contributed by atoms with Crippen LogP contribution < -0.4 is 5.32 Å².